The lowest BCUT2D eigenvalue weighted by atomic mass is 10.3. The van der Waals surface area contributed by atoms with Gasteiger partial charge in [-0.3, -0.25) is 0 Å². The van der Waals surface area contributed by atoms with Crippen LogP contribution < -0.4 is 14.7 Å². The Morgan fingerprint density at radius 1 is 0.885 bits per heavy atom. The van der Waals surface area contributed by atoms with E-state index in [2.05, 4.69) is 40.9 Å². The van der Waals surface area contributed by atoms with Crippen LogP contribution in [-0.4, -0.2) is 67.7 Å². The number of ether oxygens (including phenoxy) is 1. The number of rotatable bonds is 3. The molecule has 0 radical (unpaired) electrons. The first kappa shape index (κ1) is 17.4. The summed E-state index contributed by atoms with van der Waals surface area (Å²) < 4.78 is 20.1. The van der Waals surface area contributed by atoms with Crippen LogP contribution in [0, 0.1) is 5.82 Å². The summed E-state index contributed by atoms with van der Waals surface area (Å²) in [6.45, 7) is 6.04. The van der Waals surface area contributed by atoms with Gasteiger partial charge in [-0.15, -0.1) is 10.2 Å². The van der Waals surface area contributed by atoms with Crippen LogP contribution in [0.3, 0.4) is 0 Å². The van der Waals surface area contributed by atoms with Crippen LogP contribution in [0.15, 0.2) is 28.9 Å². The molecule has 0 N–H and O–H groups in total. The van der Waals surface area contributed by atoms with Crippen molar-refractivity contribution in [3.8, 4) is 0 Å². The van der Waals surface area contributed by atoms with Gasteiger partial charge in [0, 0.05) is 49.9 Å². The van der Waals surface area contributed by atoms with E-state index in [4.69, 9.17) is 4.74 Å². The fourth-order valence-corrected chi connectivity index (χ4v) is 3.54. The standard InChI is InChI=1S/C17H20BrFN6O/c18-13-11-14(19)17(20-12-13)25-5-3-23(4-6-25)15-1-2-16(22-21-15)24-7-9-26-10-8-24/h1-2,11-12H,3-10H2. The monoisotopic (exact) mass is 422 g/mol. The van der Waals surface area contributed by atoms with E-state index in [1.807, 2.05) is 17.0 Å². The minimum Gasteiger partial charge on any atom is -0.378 e. The molecule has 0 atom stereocenters. The molecular formula is C17H20BrFN6O. The molecule has 2 aliphatic heterocycles. The Morgan fingerprint density at radius 2 is 1.46 bits per heavy atom. The van der Waals surface area contributed by atoms with E-state index in [1.165, 1.54) is 6.07 Å². The Morgan fingerprint density at radius 3 is 2.04 bits per heavy atom. The van der Waals surface area contributed by atoms with Gasteiger partial charge in [-0.05, 0) is 34.1 Å². The number of hydrogen-bond acceptors (Lipinski definition) is 7. The first-order chi connectivity index (χ1) is 12.7. The van der Waals surface area contributed by atoms with Crippen molar-refractivity contribution in [1.82, 2.24) is 15.2 Å². The molecule has 2 aliphatic rings. The predicted molar refractivity (Wildman–Crippen MR) is 101 cm³/mol. The van der Waals surface area contributed by atoms with Crippen molar-refractivity contribution in [2.75, 3.05) is 67.2 Å². The molecule has 0 bridgehead atoms. The zero-order valence-corrected chi connectivity index (χ0v) is 15.9. The van der Waals surface area contributed by atoms with Crippen molar-refractivity contribution >= 4 is 33.4 Å². The molecule has 0 aromatic carbocycles. The van der Waals surface area contributed by atoms with Gasteiger partial charge in [-0.1, -0.05) is 0 Å². The molecule has 26 heavy (non-hydrogen) atoms. The Bertz CT molecular complexity index is 747. The van der Waals surface area contributed by atoms with Crippen LogP contribution in [0.4, 0.5) is 21.8 Å². The summed E-state index contributed by atoms with van der Waals surface area (Å²) in [4.78, 5) is 10.5. The van der Waals surface area contributed by atoms with Gasteiger partial charge in [0.05, 0.1) is 13.2 Å². The number of anilines is 3. The summed E-state index contributed by atoms with van der Waals surface area (Å²) in [5.74, 6) is 1.84. The third-order valence-corrected chi connectivity index (χ3v) is 5.10. The van der Waals surface area contributed by atoms with E-state index in [1.54, 1.807) is 6.20 Å². The molecule has 9 heteroatoms. The molecule has 4 rings (SSSR count). The molecule has 0 amide bonds. The quantitative estimate of drug-likeness (QED) is 0.748. The van der Waals surface area contributed by atoms with Crippen LogP contribution >= 0.6 is 15.9 Å². The summed E-state index contributed by atoms with van der Waals surface area (Å²) >= 11 is 3.24. The first-order valence-corrected chi connectivity index (χ1v) is 9.47. The van der Waals surface area contributed by atoms with Crippen LogP contribution in [0.5, 0.6) is 0 Å². The van der Waals surface area contributed by atoms with E-state index < -0.39 is 0 Å². The van der Waals surface area contributed by atoms with Gasteiger partial charge in [-0.2, -0.15) is 0 Å². The SMILES string of the molecule is Fc1cc(Br)cnc1N1CCN(c2ccc(N3CCOCC3)nn2)CC1. The van der Waals surface area contributed by atoms with Crippen molar-refractivity contribution in [2.45, 2.75) is 0 Å². The highest BCUT2D eigenvalue weighted by molar-refractivity contribution is 9.10. The number of hydrogen-bond donors (Lipinski definition) is 0. The predicted octanol–water partition coefficient (Wildman–Crippen LogP) is 1.94. The maximum absolute atomic E-state index is 14.1. The number of piperazine rings is 1. The van der Waals surface area contributed by atoms with E-state index in [9.17, 15) is 4.39 Å². The maximum Gasteiger partial charge on any atom is 0.166 e. The normalized spacial score (nSPS) is 18.3. The fourth-order valence-electron chi connectivity index (χ4n) is 3.24. The topological polar surface area (TPSA) is 57.6 Å². The lowest BCUT2D eigenvalue weighted by molar-refractivity contribution is 0.122. The summed E-state index contributed by atoms with van der Waals surface area (Å²) in [6.07, 6.45) is 1.63. The fraction of sp³-hybridized carbons (Fsp3) is 0.471. The number of morpholine rings is 1. The lowest BCUT2D eigenvalue weighted by Gasteiger charge is -2.36. The van der Waals surface area contributed by atoms with Crippen molar-refractivity contribution < 1.29 is 9.13 Å². The van der Waals surface area contributed by atoms with Crippen LogP contribution in [-0.2, 0) is 4.74 Å². The summed E-state index contributed by atoms with van der Waals surface area (Å²) in [5.41, 5.74) is 0. The molecule has 0 saturated carbocycles. The number of nitrogens with zero attached hydrogens (tertiary/aromatic N) is 6. The Labute approximate surface area is 159 Å². The Kier molecular flexibility index (Phi) is 5.16. The van der Waals surface area contributed by atoms with E-state index >= 15 is 0 Å². The second-order valence-electron chi connectivity index (χ2n) is 6.28. The number of aromatic nitrogens is 3. The van der Waals surface area contributed by atoms with Crippen LogP contribution in [0.25, 0.3) is 0 Å². The molecule has 2 aromatic rings. The van der Waals surface area contributed by atoms with Crippen molar-refractivity contribution in [3.05, 3.63) is 34.7 Å². The van der Waals surface area contributed by atoms with Crippen molar-refractivity contribution in [3.63, 3.8) is 0 Å². The summed E-state index contributed by atoms with van der Waals surface area (Å²) in [7, 11) is 0. The smallest absolute Gasteiger partial charge is 0.166 e. The van der Waals surface area contributed by atoms with Gasteiger partial charge in [0.2, 0.25) is 0 Å². The molecule has 7 nitrogen and oxygen atoms in total. The average molecular weight is 423 g/mol. The zero-order chi connectivity index (χ0) is 17.9. The highest BCUT2D eigenvalue weighted by atomic mass is 79.9. The number of halogens is 2. The first-order valence-electron chi connectivity index (χ1n) is 8.68. The average Bonchev–Trinajstić information content (AvgIpc) is 2.69. The molecule has 138 valence electrons. The molecule has 0 spiro atoms. The highest BCUT2D eigenvalue weighted by Crippen LogP contribution is 2.23. The minimum atomic E-state index is -0.303. The van der Waals surface area contributed by atoms with E-state index in [-0.39, 0.29) is 5.82 Å². The third kappa shape index (κ3) is 3.73. The third-order valence-electron chi connectivity index (χ3n) is 4.66. The van der Waals surface area contributed by atoms with Gasteiger partial charge >= 0.3 is 0 Å². The van der Waals surface area contributed by atoms with Crippen LogP contribution in [0.1, 0.15) is 0 Å². The Balaban J connectivity index is 1.38. The molecule has 2 fully saturated rings. The molecule has 2 aromatic heterocycles. The second kappa shape index (κ2) is 7.71. The molecule has 0 unspecified atom stereocenters. The van der Waals surface area contributed by atoms with E-state index in [0.717, 1.165) is 51.0 Å². The van der Waals surface area contributed by atoms with Gasteiger partial charge < -0.3 is 19.4 Å². The largest absolute Gasteiger partial charge is 0.378 e. The maximum atomic E-state index is 14.1. The Hall–Kier alpha value is -2.00. The summed E-state index contributed by atoms with van der Waals surface area (Å²) in [5, 5.41) is 8.75. The van der Waals surface area contributed by atoms with Gasteiger partial charge in [0.1, 0.15) is 0 Å². The van der Waals surface area contributed by atoms with Gasteiger partial charge in [-0.25, -0.2) is 9.37 Å². The molecule has 0 aliphatic carbocycles. The van der Waals surface area contributed by atoms with Crippen molar-refractivity contribution in [2.24, 2.45) is 0 Å². The van der Waals surface area contributed by atoms with Crippen molar-refractivity contribution in [1.29, 1.82) is 0 Å². The highest BCUT2D eigenvalue weighted by Gasteiger charge is 2.22. The molecule has 2 saturated heterocycles. The molecule has 4 heterocycles. The summed E-state index contributed by atoms with van der Waals surface area (Å²) in [6, 6.07) is 5.46. The second-order valence-corrected chi connectivity index (χ2v) is 7.20. The zero-order valence-electron chi connectivity index (χ0n) is 14.3. The van der Waals surface area contributed by atoms with Crippen LogP contribution in [0.2, 0.25) is 0 Å². The van der Waals surface area contributed by atoms with Gasteiger partial charge in [0.25, 0.3) is 0 Å². The lowest BCUT2D eigenvalue weighted by Crippen LogP contribution is -2.47. The number of pyridine rings is 1. The minimum absolute atomic E-state index is 0.303. The van der Waals surface area contributed by atoms with Gasteiger partial charge in [0.15, 0.2) is 23.3 Å². The molecular weight excluding hydrogens is 403 g/mol. The van der Waals surface area contributed by atoms with E-state index in [0.29, 0.717) is 23.4 Å².